The standard InChI is InChI=1S/C18H22N2O/c1-13-9-10-20(17(13)12-19)18(21)11-15-7-4-6-14-5-2-3-8-16(14)15/h2-8,13,17H,9-12,19H2,1H3. The van der Waals surface area contributed by atoms with Gasteiger partial charge in [-0.15, -0.1) is 0 Å². The van der Waals surface area contributed by atoms with Crippen LogP contribution in [0, 0.1) is 5.92 Å². The van der Waals surface area contributed by atoms with Gasteiger partial charge in [-0.05, 0) is 28.7 Å². The fraction of sp³-hybridized carbons (Fsp3) is 0.389. The molecule has 0 aromatic heterocycles. The number of rotatable bonds is 3. The molecular formula is C18H22N2O. The lowest BCUT2D eigenvalue weighted by Gasteiger charge is -2.26. The number of carbonyl (C=O) groups excluding carboxylic acids is 1. The molecule has 1 aliphatic rings. The van der Waals surface area contributed by atoms with Crippen LogP contribution in [-0.4, -0.2) is 29.9 Å². The summed E-state index contributed by atoms with van der Waals surface area (Å²) in [6.45, 7) is 3.58. The maximum absolute atomic E-state index is 12.6. The van der Waals surface area contributed by atoms with E-state index in [-0.39, 0.29) is 11.9 Å². The van der Waals surface area contributed by atoms with Gasteiger partial charge in [-0.1, -0.05) is 49.4 Å². The van der Waals surface area contributed by atoms with Crippen LogP contribution >= 0.6 is 0 Å². The van der Waals surface area contributed by atoms with Gasteiger partial charge in [-0.25, -0.2) is 0 Å². The predicted molar refractivity (Wildman–Crippen MR) is 86.0 cm³/mol. The van der Waals surface area contributed by atoms with Gasteiger partial charge in [0.15, 0.2) is 0 Å². The molecule has 1 heterocycles. The van der Waals surface area contributed by atoms with E-state index in [1.807, 2.05) is 23.1 Å². The summed E-state index contributed by atoms with van der Waals surface area (Å²) >= 11 is 0. The minimum atomic E-state index is 0.200. The highest BCUT2D eigenvalue weighted by molar-refractivity contribution is 5.90. The molecule has 0 bridgehead atoms. The third-order valence-electron chi connectivity index (χ3n) is 4.67. The van der Waals surface area contributed by atoms with Gasteiger partial charge in [0.1, 0.15) is 0 Å². The minimum Gasteiger partial charge on any atom is -0.338 e. The van der Waals surface area contributed by atoms with Gasteiger partial charge in [0, 0.05) is 19.1 Å². The average Bonchev–Trinajstić information content (AvgIpc) is 2.88. The highest BCUT2D eigenvalue weighted by Gasteiger charge is 2.33. The first-order valence-corrected chi connectivity index (χ1v) is 7.67. The van der Waals surface area contributed by atoms with E-state index in [0.717, 1.165) is 18.5 Å². The van der Waals surface area contributed by atoms with Crippen LogP contribution in [0.3, 0.4) is 0 Å². The Morgan fingerprint density at radius 3 is 2.81 bits per heavy atom. The maximum Gasteiger partial charge on any atom is 0.227 e. The van der Waals surface area contributed by atoms with Crippen LogP contribution in [0.2, 0.25) is 0 Å². The lowest BCUT2D eigenvalue weighted by molar-refractivity contribution is -0.131. The molecule has 0 spiro atoms. The molecule has 3 nitrogen and oxygen atoms in total. The molecule has 1 saturated heterocycles. The molecule has 2 N–H and O–H groups in total. The van der Waals surface area contributed by atoms with E-state index >= 15 is 0 Å². The monoisotopic (exact) mass is 282 g/mol. The van der Waals surface area contributed by atoms with Crippen molar-refractivity contribution in [2.24, 2.45) is 11.7 Å². The van der Waals surface area contributed by atoms with Crippen molar-refractivity contribution in [3.63, 3.8) is 0 Å². The zero-order valence-corrected chi connectivity index (χ0v) is 12.5. The third-order valence-corrected chi connectivity index (χ3v) is 4.67. The van der Waals surface area contributed by atoms with E-state index in [2.05, 4.69) is 31.2 Å². The first-order valence-electron chi connectivity index (χ1n) is 7.67. The lowest BCUT2D eigenvalue weighted by Crippen LogP contribution is -2.42. The molecule has 0 aliphatic carbocycles. The number of benzene rings is 2. The van der Waals surface area contributed by atoms with Crippen molar-refractivity contribution < 1.29 is 4.79 Å². The van der Waals surface area contributed by atoms with Gasteiger partial charge in [-0.2, -0.15) is 0 Å². The van der Waals surface area contributed by atoms with E-state index in [1.54, 1.807) is 0 Å². The second kappa shape index (κ2) is 5.86. The van der Waals surface area contributed by atoms with E-state index in [9.17, 15) is 4.79 Å². The van der Waals surface area contributed by atoms with Crippen LogP contribution in [0.1, 0.15) is 18.9 Å². The number of amides is 1. The van der Waals surface area contributed by atoms with Gasteiger partial charge in [0.05, 0.1) is 6.42 Å². The number of hydrogen-bond acceptors (Lipinski definition) is 2. The summed E-state index contributed by atoms with van der Waals surface area (Å²) in [7, 11) is 0. The summed E-state index contributed by atoms with van der Waals surface area (Å²) in [6, 6.07) is 14.6. The van der Waals surface area contributed by atoms with Crippen molar-refractivity contribution in [2.75, 3.05) is 13.1 Å². The first kappa shape index (κ1) is 14.1. The fourth-order valence-corrected chi connectivity index (χ4v) is 3.39. The van der Waals surface area contributed by atoms with Crippen molar-refractivity contribution in [3.8, 4) is 0 Å². The molecule has 3 rings (SSSR count). The maximum atomic E-state index is 12.6. The van der Waals surface area contributed by atoms with Crippen molar-refractivity contribution in [1.82, 2.24) is 4.90 Å². The zero-order valence-electron chi connectivity index (χ0n) is 12.5. The van der Waals surface area contributed by atoms with E-state index in [4.69, 9.17) is 5.73 Å². The number of fused-ring (bicyclic) bond motifs is 1. The van der Waals surface area contributed by atoms with Gasteiger partial charge >= 0.3 is 0 Å². The average molecular weight is 282 g/mol. The van der Waals surface area contributed by atoms with Gasteiger partial charge < -0.3 is 10.6 Å². The third kappa shape index (κ3) is 2.66. The summed E-state index contributed by atoms with van der Waals surface area (Å²) in [5.41, 5.74) is 6.95. The molecule has 0 radical (unpaired) electrons. The smallest absolute Gasteiger partial charge is 0.227 e. The fourth-order valence-electron chi connectivity index (χ4n) is 3.39. The Morgan fingerprint density at radius 2 is 2.00 bits per heavy atom. The molecule has 2 atom stereocenters. The van der Waals surface area contributed by atoms with E-state index in [0.29, 0.717) is 18.9 Å². The van der Waals surface area contributed by atoms with Gasteiger partial charge in [-0.3, -0.25) is 4.79 Å². The summed E-state index contributed by atoms with van der Waals surface area (Å²) in [4.78, 5) is 14.6. The van der Waals surface area contributed by atoms with Crippen LogP contribution in [0.4, 0.5) is 0 Å². The molecule has 110 valence electrons. The Labute approximate surface area is 125 Å². The summed E-state index contributed by atoms with van der Waals surface area (Å²) in [5.74, 6) is 0.706. The summed E-state index contributed by atoms with van der Waals surface area (Å²) < 4.78 is 0. The Kier molecular flexibility index (Phi) is 3.93. The van der Waals surface area contributed by atoms with Crippen molar-refractivity contribution >= 4 is 16.7 Å². The Morgan fingerprint density at radius 1 is 1.24 bits per heavy atom. The zero-order chi connectivity index (χ0) is 14.8. The molecule has 0 saturated carbocycles. The van der Waals surface area contributed by atoms with Crippen LogP contribution in [0.25, 0.3) is 10.8 Å². The highest BCUT2D eigenvalue weighted by atomic mass is 16.2. The molecule has 1 aliphatic heterocycles. The topological polar surface area (TPSA) is 46.3 Å². The van der Waals surface area contributed by atoms with Crippen molar-refractivity contribution in [3.05, 3.63) is 48.0 Å². The highest BCUT2D eigenvalue weighted by Crippen LogP contribution is 2.25. The number of nitrogens with zero attached hydrogens (tertiary/aromatic N) is 1. The summed E-state index contributed by atoms with van der Waals surface area (Å²) in [6.07, 6.45) is 1.52. The minimum absolute atomic E-state index is 0.200. The van der Waals surface area contributed by atoms with Crippen LogP contribution < -0.4 is 5.73 Å². The first-order chi connectivity index (χ1) is 10.2. The number of hydrogen-bond donors (Lipinski definition) is 1. The molecule has 1 amide bonds. The molecule has 2 unspecified atom stereocenters. The van der Waals surface area contributed by atoms with E-state index in [1.165, 1.54) is 10.8 Å². The Balaban J connectivity index is 1.84. The van der Waals surface area contributed by atoms with Crippen LogP contribution in [0.15, 0.2) is 42.5 Å². The normalized spacial score (nSPS) is 21.9. The lowest BCUT2D eigenvalue weighted by atomic mass is 10.0. The second-order valence-corrected chi connectivity index (χ2v) is 5.97. The van der Waals surface area contributed by atoms with Gasteiger partial charge in [0.25, 0.3) is 0 Å². The van der Waals surface area contributed by atoms with Crippen molar-refractivity contribution in [2.45, 2.75) is 25.8 Å². The number of nitrogens with two attached hydrogens (primary N) is 1. The van der Waals surface area contributed by atoms with Crippen LogP contribution in [0.5, 0.6) is 0 Å². The number of likely N-dealkylation sites (tertiary alicyclic amines) is 1. The molecule has 2 aromatic rings. The molecule has 3 heteroatoms. The quantitative estimate of drug-likeness (QED) is 0.940. The van der Waals surface area contributed by atoms with Gasteiger partial charge in [0.2, 0.25) is 5.91 Å². The Bertz CT molecular complexity index is 647. The summed E-state index contributed by atoms with van der Waals surface area (Å²) in [5, 5.41) is 2.36. The van der Waals surface area contributed by atoms with Crippen molar-refractivity contribution in [1.29, 1.82) is 0 Å². The molecule has 21 heavy (non-hydrogen) atoms. The number of carbonyl (C=O) groups is 1. The second-order valence-electron chi connectivity index (χ2n) is 5.97. The largest absolute Gasteiger partial charge is 0.338 e. The Hall–Kier alpha value is -1.87. The van der Waals surface area contributed by atoms with E-state index < -0.39 is 0 Å². The molecule has 2 aromatic carbocycles. The SMILES string of the molecule is CC1CCN(C(=O)Cc2cccc3ccccc23)C1CN. The predicted octanol–water partition coefficient (Wildman–Crippen LogP) is 2.58. The molecule has 1 fully saturated rings. The van der Waals surface area contributed by atoms with Crippen LogP contribution in [-0.2, 0) is 11.2 Å². The molecular weight excluding hydrogens is 260 g/mol.